The van der Waals surface area contributed by atoms with Gasteiger partial charge in [0.05, 0.1) is 24.8 Å². The fourth-order valence-electron chi connectivity index (χ4n) is 1.84. The first-order valence-corrected chi connectivity index (χ1v) is 6.08. The number of nitrogens with two attached hydrogens (primary N) is 1. The number of ether oxygens (including phenoxy) is 1. The van der Waals surface area contributed by atoms with Gasteiger partial charge in [0.25, 0.3) is 5.91 Å². The van der Waals surface area contributed by atoms with Crippen molar-refractivity contribution >= 4 is 5.91 Å². The third-order valence-electron chi connectivity index (χ3n) is 2.81. The molecule has 100 valence electrons. The van der Waals surface area contributed by atoms with Crippen molar-refractivity contribution in [3.8, 4) is 11.8 Å². The van der Waals surface area contributed by atoms with Crippen LogP contribution in [0.3, 0.4) is 0 Å². The summed E-state index contributed by atoms with van der Waals surface area (Å²) in [4.78, 5) is 12.0. The van der Waals surface area contributed by atoms with Gasteiger partial charge < -0.3 is 15.8 Å². The van der Waals surface area contributed by atoms with E-state index in [2.05, 4.69) is 17.2 Å². The summed E-state index contributed by atoms with van der Waals surface area (Å²) >= 11 is 0. The van der Waals surface area contributed by atoms with E-state index in [0.717, 1.165) is 6.42 Å². The highest BCUT2D eigenvalue weighted by atomic mass is 19.1. The number of benzene rings is 1. The number of carbonyl (C=O) groups is 1. The van der Waals surface area contributed by atoms with Crippen molar-refractivity contribution in [1.29, 1.82) is 0 Å². The molecule has 0 bridgehead atoms. The largest absolute Gasteiger partial charge is 0.379 e. The monoisotopic (exact) mass is 262 g/mol. The van der Waals surface area contributed by atoms with Gasteiger partial charge in [0, 0.05) is 12.2 Å². The fourth-order valence-corrected chi connectivity index (χ4v) is 1.84. The average molecular weight is 262 g/mol. The van der Waals surface area contributed by atoms with E-state index in [4.69, 9.17) is 10.5 Å². The Balaban J connectivity index is 2.15. The standard InChI is InChI=1S/C14H15FN2O2/c15-13-4-3-10(2-1-6-16)8-12(13)14(18)17-11-5-7-19-9-11/h3-4,8,11H,5-7,9,16H2,(H,17,18). The van der Waals surface area contributed by atoms with E-state index in [-0.39, 0.29) is 18.2 Å². The third-order valence-corrected chi connectivity index (χ3v) is 2.81. The summed E-state index contributed by atoms with van der Waals surface area (Å²) in [5.74, 6) is 4.44. The second-order valence-electron chi connectivity index (χ2n) is 4.23. The van der Waals surface area contributed by atoms with Gasteiger partial charge in [-0.2, -0.15) is 0 Å². The molecule has 4 nitrogen and oxygen atoms in total. The molecule has 2 rings (SSSR count). The Labute approximate surface area is 111 Å². The van der Waals surface area contributed by atoms with Crippen LogP contribution in [-0.4, -0.2) is 31.7 Å². The van der Waals surface area contributed by atoms with Crippen molar-refractivity contribution in [3.05, 3.63) is 35.1 Å². The molecular weight excluding hydrogens is 247 g/mol. The lowest BCUT2D eigenvalue weighted by molar-refractivity contribution is 0.0926. The van der Waals surface area contributed by atoms with E-state index in [0.29, 0.717) is 18.8 Å². The van der Waals surface area contributed by atoms with Gasteiger partial charge in [-0.25, -0.2) is 4.39 Å². The molecule has 1 aromatic rings. The van der Waals surface area contributed by atoms with Crippen molar-refractivity contribution in [1.82, 2.24) is 5.32 Å². The molecule has 1 aliphatic heterocycles. The van der Waals surface area contributed by atoms with Crippen molar-refractivity contribution in [2.45, 2.75) is 12.5 Å². The minimum absolute atomic E-state index is 0.00396. The molecule has 0 aromatic heterocycles. The molecule has 0 saturated carbocycles. The van der Waals surface area contributed by atoms with E-state index in [1.165, 1.54) is 18.2 Å². The van der Waals surface area contributed by atoms with Crippen LogP contribution in [-0.2, 0) is 4.74 Å². The number of hydrogen-bond acceptors (Lipinski definition) is 3. The maximum atomic E-state index is 13.7. The quantitative estimate of drug-likeness (QED) is 0.769. The summed E-state index contributed by atoms with van der Waals surface area (Å²) in [5.41, 5.74) is 5.84. The van der Waals surface area contributed by atoms with E-state index in [9.17, 15) is 9.18 Å². The zero-order chi connectivity index (χ0) is 13.7. The summed E-state index contributed by atoms with van der Waals surface area (Å²) in [6.45, 7) is 1.31. The maximum absolute atomic E-state index is 13.7. The smallest absolute Gasteiger partial charge is 0.254 e. The van der Waals surface area contributed by atoms with Crippen LogP contribution < -0.4 is 11.1 Å². The molecule has 1 unspecified atom stereocenters. The fraction of sp³-hybridized carbons (Fsp3) is 0.357. The highest BCUT2D eigenvalue weighted by Crippen LogP contribution is 2.12. The molecule has 1 atom stereocenters. The van der Waals surface area contributed by atoms with Gasteiger partial charge in [0.1, 0.15) is 5.82 Å². The van der Waals surface area contributed by atoms with Gasteiger partial charge >= 0.3 is 0 Å². The van der Waals surface area contributed by atoms with Crippen LogP contribution in [0.5, 0.6) is 0 Å². The lowest BCUT2D eigenvalue weighted by Crippen LogP contribution is -2.35. The first-order valence-electron chi connectivity index (χ1n) is 6.08. The minimum Gasteiger partial charge on any atom is -0.379 e. The third kappa shape index (κ3) is 3.53. The number of carbonyl (C=O) groups excluding carboxylic acids is 1. The Morgan fingerprint density at radius 2 is 2.42 bits per heavy atom. The minimum atomic E-state index is -0.560. The van der Waals surface area contributed by atoms with Gasteiger partial charge in [0.15, 0.2) is 0 Å². The molecule has 0 spiro atoms. The van der Waals surface area contributed by atoms with E-state index >= 15 is 0 Å². The molecule has 0 aliphatic carbocycles. The van der Waals surface area contributed by atoms with Crippen LogP contribution in [0, 0.1) is 17.7 Å². The Bertz CT molecular complexity index is 528. The SMILES string of the molecule is NCC#Cc1ccc(F)c(C(=O)NC2CCOC2)c1. The average Bonchev–Trinajstić information content (AvgIpc) is 2.90. The van der Waals surface area contributed by atoms with Crippen LogP contribution in [0.15, 0.2) is 18.2 Å². The summed E-state index contributed by atoms with van der Waals surface area (Å²) in [6.07, 6.45) is 0.750. The molecule has 0 radical (unpaired) electrons. The highest BCUT2D eigenvalue weighted by molar-refractivity contribution is 5.95. The van der Waals surface area contributed by atoms with Gasteiger partial charge in [-0.1, -0.05) is 11.8 Å². The Kier molecular flexibility index (Phi) is 4.50. The van der Waals surface area contributed by atoms with Crippen molar-refractivity contribution in [3.63, 3.8) is 0 Å². The first kappa shape index (κ1) is 13.5. The van der Waals surface area contributed by atoms with Gasteiger partial charge in [-0.15, -0.1) is 0 Å². The summed E-state index contributed by atoms with van der Waals surface area (Å²) in [5, 5.41) is 2.74. The summed E-state index contributed by atoms with van der Waals surface area (Å²) < 4.78 is 18.8. The van der Waals surface area contributed by atoms with Crippen LogP contribution in [0.25, 0.3) is 0 Å². The first-order chi connectivity index (χ1) is 9.20. The van der Waals surface area contributed by atoms with Crippen LogP contribution in [0.1, 0.15) is 22.3 Å². The second-order valence-corrected chi connectivity index (χ2v) is 4.23. The number of nitrogens with one attached hydrogen (secondary N) is 1. The molecule has 5 heteroatoms. The zero-order valence-corrected chi connectivity index (χ0v) is 10.4. The molecule has 1 fully saturated rings. The van der Waals surface area contributed by atoms with Crippen LogP contribution in [0.4, 0.5) is 4.39 Å². The van der Waals surface area contributed by atoms with Gasteiger partial charge in [-0.05, 0) is 24.6 Å². The second kappa shape index (κ2) is 6.32. The predicted octanol–water partition coefficient (Wildman–Crippen LogP) is 0.655. The summed E-state index contributed by atoms with van der Waals surface area (Å²) in [6, 6.07) is 4.14. The topological polar surface area (TPSA) is 64.4 Å². The molecule has 19 heavy (non-hydrogen) atoms. The van der Waals surface area contributed by atoms with E-state index in [1.54, 1.807) is 0 Å². The number of halogens is 1. The molecule has 1 heterocycles. The van der Waals surface area contributed by atoms with Crippen molar-refractivity contribution < 1.29 is 13.9 Å². The van der Waals surface area contributed by atoms with Crippen molar-refractivity contribution in [2.75, 3.05) is 19.8 Å². The molecular formula is C14H15FN2O2. The zero-order valence-electron chi connectivity index (χ0n) is 10.4. The van der Waals surface area contributed by atoms with E-state index < -0.39 is 11.7 Å². The Morgan fingerprint density at radius 3 is 3.11 bits per heavy atom. The van der Waals surface area contributed by atoms with E-state index in [1.807, 2.05) is 0 Å². The molecule has 1 aromatic carbocycles. The number of amides is 1. The van der Waals surface area contributed by atoms with Crippen molar-refractivity contribution in [2.24, 2.45) is 5.73 Å². The molecule has 3 N–H and O–H groups in total. The lowest BCUT2D eigenvalue weighted by Gasteiger charge is -2.11. The number of rotatable bonds is 2. The highest BCUT2D eigenvalue weighted by Gasteiger charge is 2.20. The van der Waals surface area contributed by atoms with Gasteiger partial charge in [0.2, 0.25) is 0 Å². The Hall–Kier alpha value is -1.90. The van der Waals surface area contributed by atoms with Gasteiger partial charge in [-0.3, -0.25) is 4.79 Å². The van der Waals surface area contributed by atoms with Crippen LogP contribution in [0.2, 0.25) is 0 Å². The maximum Gasteiger partial charge on any atom is 0.254 e. The molecule has 1 amide bonds. The predicted molar refractivity (Wildman–Crippen MR) is 69.0 cm³/mol. The molecule has 1 aliphatic rings. The lowest BCUT2D eigenvalue weighted by atomic mass is 10.1. The summed E-state index contributed by atoms with van der Waals surface area (Å²) in [7, 11) is 0. The normalized spacial score (nSPS) is 17.7. The Morgan fingerprint density at radius 1 is 1.58 bits per heavy atom. The van der Waals surface area contributed by atoms with Crippen LogP contribution >= 0.6 is 0 Å². The number of hydrogen-bond donors (Lipinski definition) is 2. The molecule has 1 saturated heterocycles.